The van der Waals surface area contributed by atoms with E-state index < -0.39 is 0 Å². The van der Waals surface area contributed by atoms with Crippen LogP contribution in [0.2, 0.25) is 0 Å². The molecule has 0 fully saturated rings. The standard InChI is InChI=1S/C13H9Br2FN2/c14-9-5-11(15)13(17-7-9)18-4-3-8-1-2-10(16)6-12(8)18/h1-2,5-7H,3-4H2. The number of benzene rings is 1. The third-order valence-corrected chi connectivity index (χ3v) is 4.00. The first-order valence-electron chi connectivity index (χ1n) is 5.52. The minimum atomic E-state index is -0.214. The van der Waals surface area contributed by atoms with E-state index in [0.29, 0.717) is 0 Å². The number of fused-ring (bicyclic) bond motifs is 1. The summed E-state index contributed by atoms with van der Waals surface area (Å²) in [4.78, 5) is 6.43. The van der Waals surface area contributed by atoms with E-state index in [0.717, 1.165) is 39.0 Å². The van der Waals surface area contributed by atoms with Crippen LogP contribution in [0.25, 0.3) is 0 Å². The Balaban J connectivity index is 2.08. The number of nitrogens with zero attached hydrogens (tertiary/aromatic N) is 2. The maximum atomic E-state index is 13.3. The van der Waals surface area contributed by atoms with E-state index >= 15 is 0 Å². The fourth-order valence-corrected chi connectivity index (χ4v) is 3.38. The third-order valence-electron chi connectivity index (χ3n) is 2.99. The highest BCUT2D eigenvalue weighted by Gasteiger charge is 2.23. The van der Waals surface area contributed by atoms with Gasteiger partial charge in [0.1, 0.15) is 11.6 Å². The van der Waals surface area contributed by atoms with Gasteiger partial charge in [0, 0.05) is 22.9 Å². The molecule has 0 saturated carbocycles. The lowest BCUT2D eigenvalue weighted by molar-refractivity contribution is 0.628. The Kier molecular flexibility index (Phi) is 3.11. The van der Waals surface area contributed by atoms with Crippen LogP contribution in [-0.4, -0.2) is 11.5 Å². The van der Waals surface area contributed by atoms with Crippen LogP contribution in [0.15, 0.2) is 39.4 Å². The second-order valence-electron chi connectivity index (χ2n) is 4.13. The summed E-state index contributed by atoms with van der Waals surface area (Å²) in [6, 6.07) is 6.86. The molecule has 1 aromatic heterocycles. The Morgan fingerprint density at radius 2 is 2.06 bits per heavy atom. The van der Waals surface area contributed by atoms with Crippen LogP contribution in [0, 0.1) is 5.82 Å². The second kappa shape index (κ2) is 4.63. The van der Waals surface area contributed by atoms with E-state index in [9.17, 15) is 4.39 Å². The highest BCUT2D eigenvalue weighted by Crippen LogP contribution is 2.37. The first-order chi connectivity index (χ1) is 8.65. The quantitative estimate of drug-likeness (QED) is 0.736. The molecule has 0 aliphatic carbocycles. The Morgan fingerprint density at radius 1 is 1.22 bits per heavy atom. The smallest absolute Gasteiger partial charge is 0.147 e. The van der Waals surface area contributed by atoms with Gasteiger partial charge in [-0.1, -0.05) is 6.07 Å². The van der Waals surface area contributed by atoms with Gasteiger partial charge < -0.3 is 4.90 Å². The minimum Gasteiger partial charge on any atom is -0.325 e. The molecule has 5 heteroatoms. The third kappa shape index (κ3) is 2.06. The number of halogens is 3. The normalized spacial score (nSPS) is 13.8. The Bertz CT molecular complexity index is 616. The molecule has 0 radical (unpaired) electrons. The summed E-state index contributed by atoms with van der Waals surface area (Å²) in [6.07, 6.45) is 2.66. The summed E-state index contributed by atoms with van der Waals surface area (Å²) in [5, 5.41) is 0. The van der Waals surface area contributed by atoms with Gasteiger partial charge in [-0.15, -0.1) is 0 Å². The first-order valence-corrected chi connectivity index (χ1v) is 7.11. The highest BCUT2D eigenvalue weighted by molar-refractivity contribution is 9.11. The fourth-order valence-electron chi connectivity index (χ4n) is 2.18. The zero-order valence-electron chi connectivity index (χ0n) is 9.33. The molecule has 1 aromatic carbocycles. The zero-order valence-corrected chi connectivity index (χ0v) is 12.5. The Morgan fingerprint density at radius 3 is 2.83 bits per heavy atom. The predicted octanol–water partition coefficient (Wildman–Crippen LogP) is 4.44. The van der Waals surface area contributed by atoms with Crippen LogP contribution in [0.5, 0.6) is 0 Å². The summed E-state index contributed by atoms with van der Waals surface area (Å²) in [5.41, 5.74) is 2.07. The van der Waals surface area contributed by atoms with Crippen molar-refractivity contribution in [1.82, 2.24) is 4.98 Å². The van der Waals surface area contributed by atoms with Gasteiger partial charge in [0.15, 0.2) is 0 Å². The van der Waals surface area contributed by atoms with Gasteiger partial charge in [-0.05, 0) is 62.0 Å². The summed E-state index contributed by atoms with van der Waals surface area (Å²) >= 11 is 6.88. The molecule has 2 heterocycles. The molecule has 0 spiro atoms. The van der Waals surface area contributed by atoms with E-state index in [2.05, 4.69) is 36.8 Å². The molecule has 1 aliphatic heterocycles. The lowest BCUT2D eigenvalue weighted by atomic mass is 10.2. The Hall–Kier alpha value is -0.940. The lowest BCUT2D eigenvalue weighted by Gasteiger charge is -2.19. The molecular formula is C13H9Br2FN2. The van der Waals surface area contributed by atoms with Crippen molar-refractivity contribution in [3.63, 3.8) is 0 Å². The predicted molar refractivity (Wildman–Crippen MR) is 76.7 cm³/mol. The summed E-state index contributed by atoms with van der Waals surface area (Å²) in [5.74, 6) is 0.608. The molecule has 0 bridgehead atoms. The molecule has 2 aromatic rings. The lowest BCUT2D eigenvalue weighted by Crippen LogP contribution is -2.15. The molecule has 2 nitrogen and oxygen atoms in total. The van der Waals surface area contributed by atoms with E-state index in [-0.39, 0.29) is 5.82 Å². The molecule has 0 N–H and O–H groups in total. The van der Waals surface area contributed by atoms with Crippen LogP contribution in [0.3, 0.4) is 0 Å². The van der Waals surface area contributed by atoms with Crippen molar-refractivity contribution in [1.29, 1.82) is 0 Å². The van der Waals surface area contributed by atoms with Crippen LogP contribution in [0.1, 0.15) is 5.56 Å². The van der Waals surface area contributed by atoms with Gasteiger partial charge in [0.05, 0.1) is 4.47 Å². The van der Waals surface area contributed by atoms with E-state index in [1.54, 1.807) is 12.3 Å². The average Bonchev–Trinajstić information content (AvgIpc) is 2.72. The van der Waals surface area contributed by atoms with Crippen molar-refractivity contribution in [3.8, 4) is 0 Å². The van der Waals surface area contributed by atoms with Crippen molar-refractivity contribution >= 4 is 43.4 Å². The number of hydrogen-bond donors (Lipinski definition) is 0. The number of hydrogen-bond acceptors (Lipinski definition) is 2. The van der Waals surface area contributed by atoms with Crippen molar-refractivity contribution in [2.24, 2.45) is 0 Å². The molecule has 1 aliphatic rings. The van der Waals surface area contributed by atoms with Crippen LogP contribution in [0.4, 0.5) is 15.9 Å². The van der Waals surface area contributed by atoms with E-state index in [4.69, 9.17) is 0 Å². The van der Waals surface area contributed by atoms with Crippen LogP contribution >= 0.6 is 31.9 Å². The van der Waals surface area contributed by atoms with E-state index in [1.807, 2.05) is 17.0 Å². The zero-order chi connectivity index (χ0) is 12.7. The number of aromatic nitrogens is 1. The van der Waals surface area contributed by atoms with E-state index in [1.165, 1.54) is 6.07 Å². The highest BCUT2D eigenvalue weighted by atomic mass is 79.9. The molecule has 0 amide bonds. The topological polar surface area (TPSA) is 16.1 Å². The van der Waals surface area contributed by atoms with Crippen LogP contribution in [-0.2, 0) is 6.42 Å². The number of anilines is 2. The van der Waals surface area contributed by atoms with Crippen molar-refractivity contribution in [2.75, 3.05) is 11.4 Å². The SMILES string of the molecule is Fc1ccc2c(c1)N(c1ncc(Br)cc1Br)CC2. The second-order valence-corrected chi connectivity index (χ2v) is 5.90. The van der Waals surface area contributed by atoms with Gasteiger partial charge in [-0.2, -0.15) is 0 Å². The van der Waals surface area contributed by atoms with Crippen molar-refractivity contribution in [3.05, 3.63) is 50.8 Å². The van der Waals surface area contributed by atoms with Crippen molar-refractivity contribution in [2.45, 2.75) is 6.42 Å². The summed E-state index contributed by atoms with van der Waals surface area (Å²) in [7, 11) is 0. The fraction of sp³-hybridized carbons (Fsp3) is 0.154. The summed E-state index contributed by atoms with van der Waals surface area (Å²) in [6.45, 7) is 0.825. The molecular weight excluding hydrogens is 363 g/mol. The minimum absolute atomic E-state index is 0.214. The monoisotopic (exact) mass is 370 g/mol. The van der Waals surface area contributed by atoms with Gasteiger partial charge in [-0.25, -0.2) is 9.37 Å². The van der Waals surface area contributed by atoms with Crippen LogP contribution < -0.4 is 4.90 Å². The largest absolute Gasteiger partial charge is 0.325 e. The van der Waals surface area contributed by atoms with Gasteiger partial charge in [-0.3, -0.25) is 0 Å². The van der Waals surface area contributed by atoms with Gasteiger partial charge in [0.25, 0.3) is 0 Å². The average molecular weight is 372 g/mol. The van der Waals surface area contributed by atoms with Gasteiger partial charge in [0.2, 0.25) is 0 Å². The molecule has 0 saturated heterocycles. The first kappa shape index (κ1) is 12.1. The molecule has 92 valence electrons. The number of pyridine rings is 1. The Labute approximate surface area is 121 Å². The molecule has 0 atom stereocenters. The molecule has 3 rings (SSSR count). The van der Waals surface area contributed by atoms with Gasteiger partial charge >= 0.3 is 0 Å². The summed E-state index contributed by atoms with van der Waals surface area (Å²) < 4.78 is 15.2. The molecule has 0 unspecified atom stereocenters. The van der Waals surface area contributed by atoms with Crippen molar-refractivity contribution < 1.29 is 4.39 Å². The number of rotatable bonds is 1. The maximum Gasteiger partial charge on any atom is 0.147 e. The molecule has 18 heavy (non-hydrogen) atoms. The maximum absolute atomic E-state index is 13.3.